The van der Waals surface area contributed by atoms with Crippen molar-refractivity contribution in [2.24, 2.45) is 23.7 Å². The van der Waals surface area contributed by atoms with Crippen LogP contribution >= 0.6 is 0 Å². The van der Waals surface area contributed by atoms with Gasteiger partial charge in [-0.1, -0.05) is 0 Å². The molecule has 3 rings (SSSR count). The van der Waals surface area contributed by atoms with Gasteiger partial charge in [-0.15, -0.1) is 0 Å². The van der Waals surface area contributed by atoms with Gasteiger partial charge in [0.1, 0.15) is 0 Å². The Hall–Kier alpha value is -1.72. The molecule has 0 aromatic heterocycles. The first-order valence-electron chi connectivity index (χ1n) is 6.15. The van der Waals surface area contributed by atoms with Crippen molar-refractivity contribution in [2.75, 3.05) is 13.6 Å². The van der Waals surface area contributed by atoms with Gasteiger partial charge in [-0.3, -0.25) is 29.0 Å². The molecule has 18 heavy (non-hydrogen) atoms. The van der Waals surface area contributed by atoms with Crippen molar-refractivity contribution in [3.05, 3.63) is 0 Å². The minimum Gasteiger partial charge on any atom is -0.285 e. The zero-order valence-corrected chi connectivity index (χ0v) is 10.3. The van der Waals surface area contributed by atoms with Crippen molar-refractivity contribution in [3.8, 4) is 0 Å². The Morgan fingerprint density at radius 3 is 2.11 bits per heavy atom. The van der Waals surface area contributed by atoms with Gasteiger partial charge < -0.3 is 0 Å². The van der Waals surface area contributed by atoms with Gasteiger partial charge in [0.05, 0.1) is 23.7 Å². The molecule has 3 aliphatic rings. The maximum atomic E-state index is 12.2. The molecule has 0 bridgehead atoms. The Bertz CT molecular complexity index is 486. The molecule has 2 heterocycles. The standard InChI is InChI=1S/C12H14N2O4/c1-3-14-10(16)6-4-5-7(8(6)12(14)18)11(17)13(2)9(5)15/h5-8H,3-4H2,1-2H3/t5-,6-,7-,8-/m0/s1. The third-order valence-corrected chi connectivity index (χ3v) is 4.48. The van der Waals surface area contributed by atoms with Crippen molar-refractivity contribution in [1.82, 2.24) is 9.80 Å². The number of nitrogens with zero attached hydrogens (tertiary/aromatic N) is 2. The molecule has 0 spiro atoms. The molecule has 4 amide bonds. The number of likely N-dealkylation sites (tertiary alicyclic amines) is 2. The normalized spacial score (nSPS) is 38.8. The predicted molar refractivity (Wildman–Crippen MR) is 58.7 cm³/mol. The van der Waals surface area contributed by atoms with Gasteiger partial charge in [-0.2, -0.15) is 0 Å². The lowest BCUT2D eigenvalue weighted by atomic mass is 9.89. The van der Waals surface area contributed by atoms with Crippen LogP contribution in [-0.4, -0.2) is 47.0 Å². The zero-order chi connectivity index (χ0) is 13.2. The van der Waals surface area contributed by atoms with Crippen LogP contribution in [0, 0.1) is 23.7 Å². The van der Waals surface area contributed by atoms with Gasteiger partial charge in [0.15, 0.2) is 0 Å². The molecule has 2 aliphatic heterocycles. The second kappa shape index (κ2) is 3.40. The van der Waals surface area contributed by atoms with Gasteiger partial charge >= 0.3 is 0 Å². The third-order valence-electron chi connectivity index (χ3n) is 4.48. The molecule has 1 aliphatic carbocycles. The van der Waals surface area contributed by atoms with Crippen molar-refractivity contribution in [2.45, 2.75) is 13.3 Å². The molecule has 6 nitrogen and oxygen atoms in total. The molecule has 0 aromatic carbocycles. The Kier molecular flexibility index (Phi) is 2.15. The highest BCUT2D eigenvalue weighted by molar-refractivity contribution is 6.13. The molecule has 0 N–H and O–H groups in total. The topological polar surface area (TPSA) is 74.8 Å². The largest absolute Gasteiger partial charge is 0.285 e. The maximum Gasteiger partial charge on any atom is 0.233 e. The van der Waals surface area contributed by atoms with E-state index in [-0.39, 0.29) is 23.6 Å². The highest BCUT2D eigenvalue weighted by atomic mass is 16.2. The zero-order valence-electron chi connectivity index (χ0n) is 10.3. The summed E-state index contributed by atoms with van der Waals surface area (Å²) in [5, 5.41) is 0. The predicted octanol–water partition coefficient (Wildman–Crippen LogP) is -0.758. The summed E-state index contributed by atoms with van der Waals surface area (Å²) in [5.41, 5.74) is 0. The highest BCUT2D eigenvalue weighted by Gasteiger charge is 2.65. The average molecular weight is 250 g/mol. The first kappa shape index (κ1) is 11.4. The lowest BCUT2D eigenvalue weighted by Crippen LogP contribution is -2.35. The summed E-state index contributed by atoms with van der Waals surface area (Å²) in [5.74, 6) is -3.20. The smallest absolute Gasteiger partial charge is 0.233 e. The van der Waals surface area contributed by atoms with E-state index in [1.54, 1.807) is 6.92 Å². The van der Waals surface area contributed by atoms with Crippen LogP contribution in [0.25, 0.3) is 0 Å². The molecule has 2 saturated heterocycles. The van der Waals surface area contributed by atoms with Gasteiger partial charge in [0.2, 0.25) is 23.6 Å². The van der Waals surface area contributed by atoms with E-state index in [1.165, 1.54) is 11.9 Å². The van der Waals surface area contributed by atoms with Gasteiger partial charge in [-0.25, -0.2) is 0 Å². The summed E-state index contributed by atoms with van der Waals surface area (Å²) < 4.78 is 0. The molecular weight excluding hydrogens is 236 g/mol. The molecule has 6 heteroatoms. The first-order valence-corrected chi connectivity index (χ1v) is 6.15. The summed E-state index contributed by atoms with van der Waals surface area (Å²) in [4.78, 5) is 50.4. The van der Waals surface area contributed by atoms with Crippen molar-refractivity contribution >= 4 is 23.6 Å². The van der Waals surface area contributed by atoms with E-state index in [9.17, 15) is 19.2 Å². The van der Waals surface area contributed by atoms with Gasteiger partial charge in [0, 0.05) is 13.6 Å². The van der Waals surface area contributed by atoms with Crippen LogP contribution in [0.2, 0.25) is 0 Å². The van der Waals surface area contributed by atoms with Crippen molar-refractivity contribution in [1.29, 1.82) is 0 Å². The lowest BCUT2D eigenvalue weighted by Gasteiger charge is -2.15. The van der Waals surface area contributed by atoms with Crippen LogP contribution in [0.5, 0.6) is 0 Å². The molecule has 1 saturated carbocycles. The Balaban J connectivity index is 2.00. The summed E-state index contributed by atoms with van der Waals surface area (Å²) >= 11 is 0. The van der Waals surface area contributed by atoms with Gasteiger partial charge in [-0.05, 0) is 13.3 Å². The average Bonchev–Trinajstić information content (AvgIpc) is 2.90. The molecule has 0 radical (unpaired) electrons. The molecule has 0 aromatic rings. The van der Waals surface area contributed by atoms with E-state index in [0.717, 1.165) is 4.90 Å². The Labute approximate surface area is 104 Å². The monoisotopic (exact) mass is 250 g/mol. The summed E-state index contributed by atoms with van der Waals surface area (Å²) in [7, 11) is 1.44. The molecule has 0 unspecified atom stereocenters. The third kappa shape index (κ3) is 1.08. The van der Waals surface area contributed by atoms with Crippen LogP contribution in [0.3, 0.4) is 0 Å². The van der Waals surface area contributed by atoms with Crippen molar-refractivity contribution in [3.63, 3.8) is 0 Å². The minimum atomic E-state index is -0.611. The van der Waals surface area contributed by atoms with Crippen LogP contribution in [0.1, 0.15) is 13.3 Å². The number of carbonyl (C=O) groups excluding carboxylic acids is 4. The first-order chi connectivity index (χ1) is 8.49. The van der Waals surface area contributed by atoms with Crippen LogP contribution < -0.4 is 0 Å². The fraction of sp³-hybridized carbons (Fsp3) is 0.667. The van der Waals surface area contributed by atoms with Crippen LogP contribution in [-0.2, 0) is 19.2 Å². The summed E-state index contributed by atoms with van der Waals surface area (Å²) in [6.45, 7) is 2.07. The number of imide groups is 2. The lowest BCUT2D eigenvalue weighted by molar-refractivity contribution is -0.143. The Morgan fingerprint density at radius 2 is 1.50 bits per heavy atom. The van der Waals surface area contributed by atoms with Crippen molar-refractivity contribution < 1.29 is 19.2 Å². The second-order valence-corrected chi connectivity index (χ2v) is 5.16. The van der Waals surface area contributed by atoms with Gasteiger partial charge in [0.25, 0.3) is 0 Å². The van der Waals surface area contributed by atoms with Crippen LogP contribution in [0.4, 0.5) is 0 Å². The van der Waals surface area contributed by atoms with E-state index in [4.69, 9.17) is 0 Å². The minimum absolute atomic E-state index is 0.217. The van der Waals surface area contributed by atoms with E-state index in [0.29, 0.717) is 13.0 Å². The number of amides is 4. The number of hydrogen-bond donors (Lipinski definition) is 0. The number of rotatable bonds is 1. The quantitative estimate of drug-likeness (QED) is 0.573. The van der Waals surface area contributed by atoms with E-state index in [2.05, 4.69) is 0 Å². The molecular formula is C12H14N2O4. The highest BCUT2D eigenvalue weighted by Crippen LogP contribution is 2.51. The van der Waals surface area contributed by atoms with Crippen LogP contribution in [0.15, 0.2) is 0 Å². The fourth-order valence-electron chi connectivity index (χ4n) is 3.61. The molecule has 3 fully saturated rings. The fourth-order valence-corrected chi connectivity index (χ4v) is 3.61. The second-order valence-electron chi connectivity index (χ2n) is 5.16. The number of carbonyl (C=O) groups is 4. The van der Waals surface area contributed by atoms with E-state index >= 15 is 0 Å². The summed E-state index contributed by atoms with van der Waals surface area (Å²) in [6, 6.07) is 0. The number of fused-ring (bicyclic) bond motifs is 3. The van der Waals surface area contributed by atoms with E-state index in [1.807, 2.05) is 0 Å². The SMILES string of the molecule is CCN1C(=O)[C@@H]2[C@H]3C(=O)N(C)C(=O)[C@H]3C[C@@H]2C1=O. The van der Waals surface area contributed by atoms with E-state index < -0.39 is 23.7 Å². The number of hydrogen-bond acceptors (Lipinski definition) is 4. The Morgan fingerprint density at radius 1 is 0.944 bits per heavy atom. The summed E-state index contributed by atoms with van der Waals surface area (Å²) in [6.07, 6.45) is 0.339. The molecule has 4 atom stereocenters. The maximum absolute atomic E-state index is 12.2. The molecule has 96 valence electrons.